The van der Waals surface area contributed by atoms with Crippen molar-refractivity contribution in [3.05, 3.63) is 35.4 Å². The number of nitrogens with one attached hydrogen (secondary N) is 1. The van der Waals surface area contributed by atoms with Gasteiger partial charge in [-0.05, 0) is 24.1 Å². The van der Waals surface area contributed by atoms with Crippen LogP contribution in [-0.2, 0) is 6.54 Å². The van der Waals surface area contributed by atoms with E-state index in [1.54, 1.807) is 0 Å². The van der Waals surface area contributed by atoms with E-state index in [9.17, 15) is 0 Å². The summed E-state index contributed by atoms with van der Waals surface area (Å²) in [5.41, 5.74) is 2.88. The highest BCUT2D eigenvalue weighted by molar-refractivity contribution is 7.99. The molecule has 1 aliphatic rings. The normalized spacial score (nSPS) is 22.4. The standard InChI is InChI=1S/C16H26N2S/c1-13(10-17-3)16-6-4-15(5-7-16)12-18-8-9-19-14(2)11-18/h4-7,13-14,17H,8-12H2,1-3H3. The van der Waals surface area contributed by atoms with E-state index in [4.69, 9.17) is 0 Å². The Bertz CT molecular complexity index is 377. The quantitative estimate of drug-likeness (QED) is 0.891. The third kappa shape index (κ3) is 4.51. The summed E-state index contributed by atoms with van der Waals surface area (Å²) in [5.74, 6) is 1.86. The lowest BCUT2D eigenvalue weighted by atomic mass is 10.00. The van der Waals surface area contributed by atoms with Crippen molar-refractivity contribution in [1.82, 2.24) is 10.2 Å². The van der Waals surface area contributed by atoms with Gasteiger partial charge in [0.25, 0.3) is 0 Å². The maximum Gasteiger partial charge on any atom is 0.0234 e. The zero-order valence-electron chi connectivity index (χ0n) is 12.4. The molecule has 0 bridgehead atoms. The largest absolute Gasteiger partial charge is 0.319 e. The van der Waals surface area contributed by atoms with Crippen LogP contribution in [0.4, 0.5) is 0 Å². The molecule has 1 aromatic carbocycles. The molecule has 2 rings (SSSR count). The van der Waals surface area contributed by atoms with Crippen molar-refractivity contribution in [1.29, 1.82) is 0 Å². The first-order chi connectivity index (χ1) is 9.19. The maximum absolute atomic E-state index is 3.24. The molecule has 3 heteroatoms. The second-order valence-electron chi connectivity index (χ2n) is 5.62. The Morgan fingerprint density at radius 2 is 2.11 bits per heavy atom. The third-order valence-corrected chi connectivity index (χ3v) is 4.93. The van der Waals surface area contributed by atoms with Gasteiger partial charge in [-0.2, -0.15) is 11.8 Å². The molecule has 19 heavy (non-hydrogen) atoms. The minimum Gasteiger partial charge on any atom is -0.319 e. The van der Waals surface area contributed by atoms with Crippen molar-refractivity contribution >= 4 is 11.8 Å². The number of nitrogens with zero attached hydrogens (tertiary/aromatic N) is 1. The van der Waals surface area contributed by atoms with Gasteiger partial charge in [-0.1, -0.05) is 38.1 Å². The van der Waals surface area contributed by atoms with Crippen LogP contribution in [0.15, 0.2) is 24.3 Å². The van der Waals surface area contributed by atoms with E-state index in [1.165, 1.54) is 30.0 Å². The van der Waals surface area contributed by atoms with Gasteiger partial charge in [-0.25, -0.2) is 0 Å². The molecule has 1 N–H and O–H groups in total. The van der Waals surface area contributed by atoms with Crippen LogP contribution in [0.25, 0.3) is 0 Å². The summed E-state index contributed by atoms with van der Waals surface area (Å²) in [6.07, 6.45) is 0. The van der Waals surface area contributed by atoms with E-state index >= 15 is 0 Å². The molecule has 1 aliphatic heterocycles. The fourth-order valence-corrected chi connectivity index (χ4v) is 3.75. The first kappa shape index (κ1) is 14.9. The van der Waals surface area contributed by atoms with E-state index in [2.05, 4.69) is 60.1 Å². The van der Waals surface area contributed by atoms with Crippen molar-refractivity contribution in [3.63, 3.8) is 0 Å². The van der Waals surface area contributed by atoms with E-state index in [-0.39, 0.29) is 0 Å². The highest BCUT2D eigenvalue weighted by Gasteiger charge is 2.16. The van der Waals surface area contributed by atoms with Crippen molar-refractivity contribution in [2.24, 2.45) is 0 Å². The molecular weight excluding hydrogens is 252 g/mol. The number of hydrogen-bond acceptors (Lipinski definition) is 3. The SMILES string of the molecule is CNCC(C)c1ccc(CN2CCSC(C)C2)cc1. The zero-order chi connectivity index (χ0) is 13.7. The van der Waals surface area contributed by atoms with Crippen LogP contribution in [0.5, 0.6) is 0 Å². The number of rotatable bonds is 5. The Balaban J connectivity index is 1.91. The Morgan fingerprint density at radius 3 is 2.74 bits per heavy atom. The van der Waals surface area contributed by atoms with Crippen molar-refractivity contribution < 1.29 is 0 Å². The van der Waals surface area contributed by atoms with Gasteiger partial charge in [0.15, 0.2) is 0 Å². The molecule has 106 valence electrons. The second kappa shape index (κ2) is 7.32. The molecule has 1 saturated heterocycles. The highest BCUT2D eigenvalue weighted by atomic mass is 32.2. The minimum absolute atomic E-state index is 0.588. The lowest BCUT2D eigenvalue weighted by Gasteiger charge is -2.30. The van der Waals surface area contributed by atoms with E-state index in [1.807, 2.05) is 7.05 Å². The summed E-state index contributed by atoms with van der Waals surface area (Å²) in [6, 6.07) is 9.18. The van der Waals surface area contributed by atoms with Crippen molar-refractivity contribution in [2.75, 3.05) is 32.4 Å². The van der Waals surface area contributed by atoms with Crippen LogP contribution in [0.3, 0.4) is 0 Å². The summed E-state index contributed by atoms with van der Waals surface area (Å²) in [5, 5.41) is 4.02. The smallest absolute Gasteiger partial charge is 0.0234 e. The van der Waals surface area contributed by atoms with Crippen LogP contribution in [0.2, 0.25) is 0 Å². The number of benzene rings is 1. The molecule has 1 fully saturated rings. The molecule has 0 radical (unpaired) electrons. The van der Waals surface area contributed by atoms with Gasteiger partial charge < -0.3 is 5.32 Å². The zero-order valence-corrected chi connectivity index (χ0v) is 13.2. The molecule has 2 nitrogen and oxygen atoms in total. The fourth-order valence-electron chi connectivity index (χ4n) is 2.67. The van der Waals surface area contributed by atoms with Crippen molar-refractivity contribution in [3.8, 4) is 0 Å². The molecular formula is C16H26N2S. The topological polar surface area (TPSA) is 15.3 Å². The summed E-state index contributed by atoms with van der Waals surface area (Å²) < 4.78 is 0. The molecule has 0 aliphatic carbocycles. The summed E-state index contributed by atoms with van der Waals surface area (Å²) in [7, 11) is 2.01. The van der Waals surface area contributed by atoms with Gasteiger partial charge in [-0.3, -0.25) is 4.90 Å². The number of thioether (sulfide) groups is 1. The van der Waals surface area contributed by atoms with Crippen LogP contribution in [0, 0.1) is 0 Å². The summed E-state index contributed by atoms with van der Waals surface area (Å²) in [6.45, 7) is 9.20. The van der Waals surface area contributed by atoms with Crippen molar-refractivity contribution in [2.45, 2.75) is 31.6 Å². The lowest BCUT2D eigenvalue weighted by Crippen LogP contribution is -2.35. The van der Waals surface area contributed by atoms with Crippen LogP contribution in [0.1, 0.15) is 30.9 Å². The summed E-state index contributed by atoms with van der Waals surface area (Å²) in [4.78, 5) is 2.58. The first-order valence-corrected chi connectivity index (χ1v) is 8.31. The molecule has 2 unspecified atom stereocenters. The Labute approximate surface area is 122 Å². The third-order valence-electron chi connectivity index (χ3n) is 3.79. The van der Waals surface area contributed by atoms with Gasteiger partial charge in [0.05, 0.1) is 0 Å². The van der Waals surface area contributed by atoms with Crippen LogP contribution >= 0.6 is 11.8 Å². The molecule has 0 amide bonds. The minimum atomic E-state index is 0.588. The monoisotopic (exact) mass is 278 g/mol. The van der Waals surface area contributed by atoms with Gasteiger partial charge >= 0.3 is 0 Å². The van der Waals surface area contributed by atoms with Gasteiger partial charge in [-0.15, -0.1) is 0 Å². The summed E-state index contributed by atoms with van der Waals surface area (Å²) >= 11 is 2.10. The molecule has 0 spiro atoms. The predicted octanol–water partition coefficient (Wildman–Crippen LogP) is 2.95. The molecule has 1 aromatic rings. The Morgan fingerprint density at radius 1 is 1.37 bits per heavy atom. The predicted molar refractivity (Wildman–Crippen MR) is 86.0 cm³/mol. The number of hydrogen-bond donors (Lipinski definition) is 1. The average Bonchev–Trinajstić information content (AvgIpc) is 2.40. The van der Waals surface area contributed by atoms with Gasteiger partial charge in [0, 0.05) is 37.2 Å². The Kier molecular flexibility index (Phi) is 5.74. The lowest BCUT2D eigenvalue weighted by molar-refractivity contribution is 0.278. The highest BCUT2D eigenvalue weighted by Crippen LogP contribution is 2.20. The number of likely N-dealkylation sites (N-methyl/N-ethyl adjacent to an activating group) is 1. The molecule has 2 atom stereocenters. The second-order valence-corrected chi connectivity index (χ2v) is 7.16. The van der Waals surface area contributed by atoms with Crippen LogP contribution in [-0.4, -0.2) is 42.6 Å². The van der Waals surface area contributed by atoms with E-state index in [0.29, 0.717) is 5.92 Å². The molecule has 0 saturated carbocycles. The maximum atomic E-state index is 3.24. The molecule has 0 aromatic heterocycles. The van der Waals surface area contributed by atoms with Gasteiger partial charge in [0.1, 0.15) is 0 Å². The fraction of sp³-hybridized carbons (Fsp3) is 0.625. The first-order valence-electron chi connectivity index (χ1n) is 7.26. The molecule has 1 heterocycles. The Hall–Kier alpha value is -0.510. The van der Waals surface area contributed by atoms with E-state index < -0.39 is 0 Å². The van der Waals surface area contributed by atoms with Gasteiger partial charge in [0.2, 0.25) is 0 Å². The average molecular weight is 278 g/mol. The van der Waals surface area contributed by atoms with Crippen LogP contribution < -0.4 is 5.32 Å². The van der Waals surface area contributed by atoms with E-state index in [0.717, 1.165) is 18.3 Å².